The lowest BCUT2D eigenvalue weighted by molar-refractivity contribution is -0.663. The smallest absolute Gasteiger partial charge is 0.270 e. The zero-order valence-electron chi connectivity index (χ0n) is 15.4. The van der Waals surface area contributed by atoms with E-state index in [-0.39, 0.29) is 11.9 Å². The van der Waals surface area contributed by atoms with Gasteiger partial charge in [0.1, 0.15) is 11.4 Å². The topological polar surface area (TPSA) is 61.8 Å². The molecule has 2 aliphatic rings. The number of carbonyl (C=O) groups excluding carboxylic acids is 2. The van der Waals surface area contributed by atoms with Gasteiger partial charge in [0.05, 0.1) is 7.05 Å². The summed E-state index contributed by atoms with van der Waals surface area (Å²) in [5.41, 5.74) is 3.15. The van der Waals surface area contributed by atoms with Crippen molar-refractivity contribution in [2.24, 2.45) is 12.0 Å². The third-order valence-corrected chi connectivity index (χ3v) is 5.45. The summed E-state index contributed by atoms with van der Waals surface area (Å²) in [6.45, 7) is 4.34. The molecule has 0 spiro atoms. The van der Waals surface area contributed by atoms with Crippen LogP contribution in [0.25, 0.3) is 0 Å². The molecule has 3 heterocycles. The number of nitrogens with zero attached hydrogens (tertiary/aromatic N) is 5. The number of hydrogen-bond donors (Lipinski definition) is 0. The summed E-state index contributed by atoms with van der Waals surface area (Å²) >= 11 is 0. The minimum absolute atomic E-state index is 0.208. The van der Waals surface area contributed by atoms with Gasteiger partial charge >= 0.3 is 12.0 Å². The Hall–Kier alpha value is -2.96. The van der Waals surface area contributed by atoms with Crippen LogP contribution < -0.4 is 4.57 Å². The minimum Gasteiger partial charge on any atom is -0.270 e. The number of imide groups is 1. The normalized spacial score (nSPS) is 18.9. The van der Waals surface area contributed by atoms with Crippen LogP contribution in [0.4, 0.5) is 10.7 Å². The van der Waals surface area contributed by atoms with Gasteiger partial charge in [-0.2, -0.15) is 0 Å². The van der Waals surface area contributed by atoms with Gasteiger partial charge in [-0.15, -0.1) is 0 Å². The molecule has 1 fully saturated rings. The summed E-state index contributed by atoms with van der Waals surface area (Å²) < 4.78 is 3.89. The van der Waals surface area contributed by atoms with E-state index < -0.39 is 6.04 Å². The van der Waals surface area contributed by atoms with E-state index in [0.29, 0.717) is 24.7 Å². The Morgan fingerprint density at radius 1 is 1.15 bits per heavy atom. The fraction of sp³-hybridized carbons (Fsp3) is 0.368. The third kappa shape index (κ3) is 2.20. The predicted molar refractivity (Wildman–Crippen MR) is 96.2 cm³/mol. The van der Waals surface area contributed by atoms with E-state index in [1.54, 1.807) is 7.05 Å². The van der Waals surface area contributed by atoms with Crippen LogP contribution in [0.15, 0.2) is 35.3 Å². The number of imidazole rings is 1. The highest BCUT2D eigenvalue weighted by molar-refractivity contribution is 6.20. The van der Waals surface area contributed by atoms with Crippen molar-refractivity contribution in [1.29, 1.82) is 0 Å². The van der Waals surface area contributed by atoms with E-state index in [2.05, 4.69) is 4.99 Å². The van der Waals surface area contributed by atoms with Crippen LogP contribution in [0.3, 0.4) is 0 Å². The van der Waals surface area contributed by atoms with Gasteiger partial charge in [-0.1, -0.05) is 35.3 Å². The van der Waals surface area contributed by atoms with Crippen LogP contribution in [-0.2, 0) is 18.3 Å². The Kier molecular flexibility index (Phi) is 3.68. The van der Waals surface area contributed by atoms with Crippen molar-refractivity contribution in [1.82, 2.24) is 14.4 Å². The molecule has 0 aliphatic carbocycles. The summed E-state index contributed by atoms with van der Waals surface area (Å²) in [6, 6.07) is 8.99. The maximum absolute atomic E-state index is 13.2. The standard InChI is InChI=1S/C19H22N5O2/c1-12-13(2)24-15-16(20-18(24)21(12)3)22(4)19(26)23(17(15)25)11-10-14-8-6-5-7-9-14/h5-9,15H,10-11H2,1-4H3/q+1. The van der Waals surface area contributed by atoms with Gasteiger partial charge in [-0.25, -0.2) is 13.9 Å². The molecule has 0 N–H and O–H groups in total. The van der Waals surface area contributed by atoms with Gasteiger partial charge < -0.3 is 0 Å². The van der Waals surface area contributed by atoms with Crippen molar-refractivity contribution in [2.45, 2.75) is 26.3 Å². The molecule has 1 unspecified atom stereocenters. The lowest BCUT2D eigenvalue weighted by Crippen LogP contribution is -2.58. The molecule has 0 saturated carbocycles. The first kappa shape index (κ1) is 16.5. The molecule has 0 bridgehead atoms. The Bertz CT molecular complexity index is 945. The number of amides is 3. The van der Waals surface area contributed by atoms with E-state index in [0.717, 1.165) is 17.0 Å². The number of aliphatic imine (C=N–C) groups is 1. The van der Waals surface area contributed by atoms with Gasteiger partial charge in [-0.3, -0.25) is 14.6 Å². The van der Waals surface area contributed by atoms with Crippen molar-refractivity contribution in [3.63, 3.8) is 0 Å². The lowest BCUT2D eigenvalue weighted by Gasteiger charge is -2.33. The van der Waals surface area contributed by atoms with Crippen molar-refractivity contribution >= 4 is 23.7 Å². The quantitative estimate of drug-likeness (QED) is 0.789. The molecule has 3 amide bonds. The molecular formula is C19H22N5O2+. The second-order valence-electron chi connectivity index (χ2n) is 6.84. The number of benzene rings is 1. The summed E-state index contributed by atoms with van der Waals surface area (Å²) in [7, 11) is 3.61. The first-order valence-corrected chi connectivity index (χ1v) is 8.70. The van der Waals surface area contributed by atoms with Gasteiger partial charge in [-0.05, 0) is 25.8 Å². The SMILES string of the molecule is Cc1c(C)[n+](C)c2n1C1C(=O)N(CCc3ccccc3)C(=O)N(C)C1=N2. The second-order valence-corrected chi connectivity index (χ2v) is 6.84. The number of aromatic nitrogens is 2. The highest BCUT2D eigenvalue weighted by Crippen LogP contribution is 2.34. The highest BCUT2D eigenvalue weighted by atomic mass is 16.2. The molecule has 0 radical (unpaired) electrons. The van der Waals surface area contributed by atoms with Crippen LogP contribution in [0.2, 0.25) is 0 Å². The average molecular weight is 352 g/mol. The van der Waals surface area contributed by atoms with E-state index >= 15 is 0 Å². The fourth-order valence-electron chi connectivity index (χ4n) is 3.69. The fourth-order valence-corrected chi connectivity index (χ4v) is 3.69. The van der Waals surface area contributed by atoms with E-state index in [9.17, 15) is 9.59 Å². The summed E-state index contributed by atoms with van der Waals surface area (Å²) in [5, 5.41) is 0. The van der Waals surface area contributed by atoms with E-state index in [1.807, 2.05) is 60.4 Å². The van der Waals surface area contributed by atoms with E-state index in [1.165, 1.54) is 9.80 Å². The molecule has 26 heavy (non-hydrogen) atoms. The van der Waals surface area contributed by atoms with Crippen molar-refractivity contribution in [3.8, 4) is 0 Å². The molecule has 2 aliphatic heterocycles. The Morgan fingerprint density at radius 3 is 2.54 bits per heavy atom. The minimum atomic E-state index is -0.566. The maximum Gasteiger partial charge on any atom is 0.401 e. The molecule has 4 rings (SSSR count). The first-order chi connectivity index (χ1) is 12.4. The van der Waals surface area contributed by atoms with Crippen LogP contribution >= 0.6 is 0 Å². The van der Waals surface area contributed by atoms with Gasteiger partial charge in [0, 0.05) is 13.6 Å². The van der Waals surface area contributed by atoms with Crippen LogP contribution in [-0.4, -0.2) is 45.7 Å². The van der Waals surface area contributed by atoms with Crippen molar-refractivity contribution < 1.29 is 14.2 Å². The molecule has 7 heteroatoms. The first-order valence-electron chi connectivity index (χ1n) is 8.70. The second kappa shape index (κ2) is 5.79. The van der Waals surface area contributed by atoms with Crippen LogP contribution in [0, 0.1) is 13.8 Å². The van der Waals surface area contributed by atoms with E-state index in [4.69, 9.17) is 0 Å². The summed E-state index contributed by atoms with van der Waals surface area (Å²) in [6.07, 6.45) is 0.635. The zero-order chi connectivity index (χ0) is 18.6. The Labute approximate surface area is 152 Å². The summed E-state index contributed by atoms with van der Waals surface area (Å²) in [5.74, 6) is 1.00. The van der Waals surface area contributed by atoms with Gasteiger partial charge in [0.15, 0.2) is 0 Å². The monoisotopic (exact) mass is 352 g/mol. The zero-order valence-corrected chi connectivity index (χ0v) is 15.4. The number of urea groups is 1. The molecule has 1 aromatic carbocycles. The van der Waals surface area contributed by atoms with Crippen molar-refractivity contribution in [2.75, 3.05) is 13.6 Å². The Balaban J connectivity index is 1.68. The average Bonchev–Trinajstić information content (AvgIpc) is 3.14. The highest BCUT2D eigenvalue weighted by Gasteiger charge is 2.53. The van der Waals surface area contributed by atoms with Gasteiger partial charge in [0.25, 0.3) is 5.91 Å². The molecule has 1 atom stereocenters. The molecule has 1 saturated heterocycles. The number of hydrogen-bond acceptors (Lipinski definition) is 3. The largest absolute Gasteiger partial charge is 0.401 e. The Morgan fingerprint density at radius 2 is 1.85 bits per heavy atom. The molecule has 1 aromatic heterocycles. The van der Waals surface area contributed by atoms with Gasteiger partial charge in [0.2, 0.25) is 11.9 Å². The molecular weight excluding hydrogens is 330 g/mol. The molecule has 134 valence electrons. The third-order valence-electron chi connectivity index (χ3n) is 5.45. The predicted octanol–water partition coefficient (Wildman–Crippen LogP) is 1.65. The number of likely N-dealkylation sites (N-methyl/N-ethyl adjacent to an activating group) is 1. The number of carbonyl (C=O) groups is 2. The number of rotatable bonds is 3. The molecule has 2 aromatic rings. The summed E-state index contributed by atoms with van der Waals surface area (Å²) in [4.78, 5) is 33.4. The molecule has 7 nitrogen and oxygen atoms in total. The lowest BCUT2D eigenvalue weighted by atomic mass is 10.1. The van der Waals surface area contributed by atoms with Crippen LogP contribution in [0.5, 0.6) is 0 Å². The van der Waals surface area contributed by atoms with Crippen LogP contribution in [0.1, 0.15) is 23.0 Å². The number of fused-ring (bicyclic) bond motifs is 3. The van der Waals surface area contributed by atoms with Crippen molar-refractivity contribution in [3.05, 3.63) is 47.3 Å². The maximum atomic E-state index is 13.2. The number of amidine groups is 1.